The third-order valence-electron chi connectivity index (χ3n) is 6.06. The largest absolute Gasteiger partial charge is 0.493 e. The van der Waals surface area contributed by atoms with E-state index in [1.165, 1.54) is 4.90 Å². The van der Waals surface area contributed by atoms with Gasteiger partial charge in [0.15, 0.2) is 11.5 Å². The van der Waals surface area contributed by atoms with Gasteiger partial charge in [0.05, 0.1) is 37.1 Å². The Bertz CT molecular complexity index is 1460. The van der Waals surface area contributed by atoms with Crippen LogP contribution in [-0.4, -0.2) is 43.6 Å². The van der Waals surface area contributed by atoms with Crippen molar-refractivity contribution in [3.63, 3.8) is 0 Å². The van der Waals surface area contributed by atoms with Crippen molar-refractivity contribution in [2.45, 2.75) is 20.3 Å². The van der Waals surface area contributed by atoms with Crippen LogP contribution in [0, 0.1) is 13.8 Å². The van der Waals surface area contributed by atoms with Crippen LogP contribution in [0.3, 0.4) is 0 Å². The van der Waals surface area contributed by atoms with Crippen LogP contribution in [0.1, 0.15) is 17.5 Å². The molecule has 9 heteroatoms. The lowest BCUT2D eigenvalue weighted by Gasteiger charge is -2.23. The Hall–Kier alpha value is -4.17. The first-order valence-electron chi connectivity index (χ1n) is 12.0. The zero-order valence-corrected chi connectivity index (χ0v) is 22.4. The minimum Gasteiger partial charge on any atom is -0.493 e. The average Bonchev–Trinajstić information content (AvgIpc) is 2.91. The Balaban J connectivity index is 1.54. The van der Waals surface area contributed by atoms with E-state index in [2.05, 4.69) is 4.98 Å². The summed E-state index contributed by atoms with van der Waals surface area (Å²) in [7, 11) is 3.15. The number of nitrogens with zero attached hydrogens (tertiary/aromatic N) is 2. The normalized spacial score (nSPS) is 10.8. The van der Waals surface area contributed by atoms with Crippen LogP contribution < -0.4 is 23.8 Å². The number of carboxylic acid groups (broad SMARTS) is 1. The number of amides is 1. The number of carbonyl (C=O) groups is 1. The lowest BCUT2D eigenvalue weighted by molar-refractivity contribution is 0.201. The minimum absolute atomic E-state index is 0.261. The number of benzene rings is 3. The molecule has 1 heterocycles. The van der Waals surface area contributed by atoms with Gasteiger partial charge in [0.1, 0.15) is 17.2 Å². The van der Waals surface area contributed by atoms with Gasteiger partial charge in [0, 0.05) is 24.2 Å². The smallest absolute Gasteiger partial charge is 0.411 e. The molecule has 0 unspecified atom stereocenters. The summed E-state index contributed by atoms with van der Waals surface area (Å²) in [5.74, 6) is 2.92. The van der Waals surface area contributed by atoms with Crippen LogP contribution in [-0.2, 0) is 0 Å². The second-order valence-electron chi connectivity index (χ2n) is 8.61. The molecule has 3 aromatic carbocycles. The summed E-state index contributed by atoms with van der Waals surface area (Å²) >= 11 is 6.13. The van der Waals surface area contributed by atoms with E-state index in [4.69, 9.17) is 30.5 Å². The molecule has 0 radical (unpaired) electrons. The number of fused-ring (bicyclic) bond motifs is 1. The van der Waals surface area contributed by atoms with Crippen molar-refractivity contribution in [2.24, 2.45) is 0 Å². The first-order chi connectivity index (χ1) is 18.3. The predicted octanol–water partition coefficient (Wildman–Crippen LogP) is 7.27. The van der Waals surface area contributed by atoms with Crippen molar-refractivity contribution in [2.75, 3.05) is 32.3 Å². The van der Waals surface area contributed by atoms with E-state index in [9.17, 15) is 9.90 Å². The van der Waals surface area contributed by atoms with Crippen molar-refractivity contribution < 1.29 is 28.8 Å². The van der Waals surface area contributed by atoms with Crippen molar-refractivity contribution in [1.82, 2.24) is 4.98 Å². The Morgan fingerprint density at radius 1 is 0.921 bits per heavy atom. The lowest BCUT2D eigenvalue weighted by atomic mass is 10.1. The highest BCUT2D eigenvalue weighted by atomic mass is 35.5. The zero-order chi connectivity index (χ0) is 27.2. The monoisotopic (exact) mass is 536 g/mol. The van der Waals surface area contributed by atoms with Gasteiger partial charge in [0.2, 0.25) is 0 Å². The number of ether oxygens (including phenoxy) is 4. The molecule has 0 spiro atoms. The van der Waals surface area contributed by atoms with Gasteiger partial charge in [-0.25, -0.2) is 4.79 Å². The predicted molar refractivity (Wildman–Crippen MR) is 148 cm³/mol. The standard InChI is InChI=1S/C29H29ClN2O6/c1-18-15-26(38-24-10-11-31-22-17-28(36-4)27(35-3)16-20(22)24)19(2)14-23(18)32(29(33)34)12-7-13-37-25-9-6-5-8-21(25)30/h5-6,8-11,14-17H,7,12-13H2,1-4H3,(H,33,34). The molecule has 198 valence electrons. The van der Waals surface area contributed by atoms with Crippen LogP contribution in [0.2, 0.25) is 5.02 Å². The molecule has 1 amide bonds. The molecule has 0 atom stereocenters. The number of aromatic nitrogens is 1. The van der Waals surface area contributed by atoms with Crippen molar-refractivity contribution in [1.29, 1.82) is 0 Å². The maximum atomic E-state index is 12.1. The van der Waals surface area contributed by atoms with E-state index in [0.29, 0.717) is 58.0 Å². The Morgan fingerprint density at radius 3 is 2.37 bits per heavy atom. The number of methoxy groups -OCH3 is 2. The fourth-order valence-electron chi connectivity index (χ4n) is 4.12. The van der Waals surface area contributed by atoms with E-state index in [1.807, 2.05) is 44.2 Å². The highest BCUT2D eigenvalue weighted by Crippen LogP contribution is 2.38. The molecule has 0 fully saturated rings. The molecule has 1 aromatic heterocycles. The van der Waals surface area contributed by atoms with Crippen LogP contribution in [0.5, 0.6) is 28.7 Å². The molecular formula is C29H29ClN2O6. The second-order valence-corrected chi connectivity index (χ2v) is 9.01. The number of hydrogen-bond donors (Lipinski definition) is 1. The molecule has 0 bridgehead atoms. The van der Waals surface area contributed by atoms with Gasteiger partial charge in [-0.05, 0) is 67.8 Å². The molecule has 0 aliphatic carbocycles. The Labute approximate surface area is 226 Å². The molecule has 38 heavy (non-hydrogen) atoms. The third-order valence-corrected chi connectivity index (χ3v) is 6.37. The second kappa shape index (κ2) is 11.9. The zero-order valence-electron chi connectivity index (χ0n) is 21.7. The number of para-hydroxylation sites is 1. The summed E-state index contributed by atoms with van der Waals surface area (Å²) in [5.41, 5.74) is 2.83. The first-order valence-corrected chi connectivity index (χ1v) is 12.4. The number of halogens is 1. The van der Waals surface area contributed by atoms with Gasteiger partial charge in [-0.1, -0.05) is 23.7 Å². The van der Waals surface area contributed by atoms with E-state index in [-0.39, 0.29) is 6.54 Å². The van der Waals surface area contributed by atoms with Crippen LogP contribution in [0.25, 0.3) is 10.9 Å². The maximum Gasteiger partial charge on any atom is 0.411 e. The molecular weight excluding hydrogens is 508 g/mol. The quantitative estimate of drug-likeness (QED) is 0.213. The number of rotatable bonds is 10. The van der Waals surface area contributed by atoms with Gasteiger partial charge in [0.25, 0.3) is 0 Å². The first kappa shape index (κ1) is 26.9. The van der Waals surface area contributed by atoms with Crippen molar-refractivity contribution in [3.05, 3.63) is 76.9 Å². The summed E-state index contributed by atoms with van der Waals surface area (Å²) < 4.78 is 22.8. The van der Waals surface area contributed by atoms with Crippen molar-refractivity contribution in [3.8, 4) is 28.7 Å². The molecule has 0 aliphatic heterocycles. The van der Waals surface area contributed by atoms with E-state index in [0.717, 1.165) is 16.5 Å². The fourth-order valence-corrected chi connectivity index (χ4v) is 4.31. The van der Waals surface area contributed by atoms with Gasteiger partial charge in [-0.3, -0.25) is 9.88 Å². The van der Waals surface area contributed by atoms with E-state index >= 15 is 0 Å². The molecule has 8 nitrogen and oxygen atoms in total. The number of hydrogen-bond acceptors (Lipinski definition) is 6. The van der Waals surface area contributed by atoms with Gasteiger partial charge in [-0.2, -0.15) is 0 Å². The van der Waals surface area contributed by atoms with E-state index < -0.39 is 6.09 Å². The summed E-state index contributed by atoms with van der Waals surface area (Å²) in [4.78, 5) is 17.9. The Morgan fingerprint density at radius 2 is 1.66 bits per heavy atom. The van der Waals surface area contributed by atoms with Gasteiger partial charge < -0.3 is 24.1 Å². The molecule has 0 saturated heterocycles. The molecule has 4 rings (SSSR count). The summed E-state index contributed by atoms with van der Waals surface area (Å²) in [6.07, 6.45) is 1.11. The number of anilines is 1. The highest BCUT2D eigenvalue weighted by Gasteiger charge is 2.19. The minimum atomic E-state index is -1.04. The molecule has 0 aliphatic rings. The van der Waals surface area contributed by atoms with E-state index in [1.54, 1.807) is 44.7 Å². The number of aryl methyl sites for hydroxylation is 2. The topological polar surface area (TPSA) is 90.4 Å². The summed E-state index contributed by atoms with van der Waals surface area (Å²) in [5, 5.41) is 11.2. The van der Waals surface area contributed by atoms with Gasteiger partial charge in [-0.15, -0.1) is 0 Å². The van der Waals surface area contributed by atoms with Crippen LogP contribution in [0.15, 0.2) is 60.8 Å². The van der Waals surface area contributed by atoms with Gasteiger partial charge >= 0.3 is 6.09 Å². The van der Waals surface area contributed by atoms with Crippen molar-refractivity contribution >= 4 is 34.3 Å². The molecule has 0 saturated carbocycles. The van der Waals surface area contributed by atoms with Crippen LogP contribution in [0.4, 0.5) is 10.5 Å². The maximum absolute atomic E-state index is 12.1. The summed E-state index contributed by atoms with van der Waals surface area (Å²) in [6, 6.07) is 16.2. The summed E-state index contributed by atoms with van der Waals surface area (Å²) in [6.45, 7) is 4.33. The average molecular weight is 537 g/mol. The number of pyridine rings is 1. The Kier molecular flexibility index (Phi) is 8.43. The van der Waals surface area contributed by atoms with Crippen LogP contribution >= 0.6 is 11.6 Å². The lowest BCUT2D eigenvalue weighted by Crippen LogP contribution is -2.31. The molecule has 4 aromatic rings. The molecule has 1 N–H and O–H groups in total. The third kappa shape index (κ3) is 5.86. The fraction of sp³-hybridized carbons (Fsp3) is 0.241. The SMILES string of the molecule is COc1cc2nccc(Oc3cc(C)c(N(CCCOc4ccccc4Cl)C(=O)O)cc3C)c2cc1OC. The highest BCUT2D eigenvalue weighted by molar-refractivity contribution is 6.32.